The number of rotatable bonds is 3. The van der Waals surface area contributed by atoms with Crippen LogP contribution < -0.4 is 16.2 Å². The summed E-state index contributed by atoms with van der Waals surface area (Å²) in [4.78, 5) is 5.34. The molecule has 0 bridgehead atoms. The van der Waals surface area contributed by atoms with Gasteiger partial charge in [-0.3, -0.25) is 0 Å². The van der Waals surface area contributed by atoms with Crippen molar-refractivity contribution in [1.82, 2.24) is 9.55 Å². The molecule has 0 N–H and O–H groups in total. The molecule has 148 valence electrons. The van der Waals surface area contributed by atoms with Crippen molar-refractivity contribution < 1.29 is 0 Å². The Bertz CT molecular complexity index is 1500. The van der Waals surface area contributed by atoms with Crippen LogP contribution >= 0.6 is 7.92 Å². The van der Waals surface area contributed by atoms with E-state index in [-0.39, 0.29) is 0 Å². The molecule has 6 aromatic rings. The van der Waals surface area contributed by atoms with E-state index in [0.29, 0.717) is 0 Å². The van der Waals surface area contributed by atoms with Crippen LogP contribution in [0.25, 0.3) is 32.6 Å². The molecule has 0 fully saturated rings. The lowest BCUT2D eigenvalue weighted by Gasteiger charge is -2.18. The molecule has 5 aromatic carbocycles. The topological polar surface area (TPSA) is 17.8 Å². The maximum atomic E-state index is 5.34. The molecule has 0 amide bonds. The van der Waals surface area contributed by atoms with Gasteiger partial charge in [0.2, 0.25) is 0 Å². The highest BCUT2D eigenvalue weighted by Crippen LogP contribution is 2.38. The van der Waals surface area contributed by atoms with Crippen LogP contribution in [0.2, 0.25) is 0 Å². The largest absolute Gasteiger partial charge is 0.326 e. The van der Waals surface area contributed by atoms with Gasteiger partial charge in [0.1, 0.15) is 5.57 Å². The summed E-state index contributed by atoms with van der Waals surface area (Å²) in [6, 6.07) is 38.9. The van der Waals surface area contributed by atoms with E-state index in [9.17, 15) is 0 Å². The maximum Gasteiger partial charge on any atom is 0.141 e. The minimum atomic E-state index is -0.773. The lowest BCUT2D eigenvalue weighted by atomic mass is 10.00. The fourth-order valence-corrected chi connectivity index (χ4v) is 6.87. The molecule has 0 unspecified atom stereocenters. The van der Waals surface area contributed by atoms with Gasteiger partial charge in [-0.1, -0.05) is 109 Å². The number of hydrogen-bond acceptors (Lipinski definition) is 1. The van der Waals surface area contributed by atoms with Gasteiger partial charge in [-0.15, -0.1) is 0 Å². The first kappa shape index (κ1) is 18.3. The SMILES string of the molecule is Cn1c(P(c2ccccc2)c2ccccc2)nc2c3ccccc3c3ccccc3c21. The third-order valence-electron chi connectivity index (χ3n) is 5.95. The van der Waals surface area contributed by atoms with E-state index in [1.807, 2.05) is 0 Å². The first-order valence-electron chi connectivity index (χ1n) is 10.5. The van der Waals surface area contributed by atoms with E-state index in [2.05, 4.69) is 121 Å². The zero-order chi connectivity index (χ0) is 20.8. The summed E-state index contributed by atoms with van der Waals surface area (Å²) in [6.45, 7) is 0. The lowest BCUT2D eigenvalue weighted by molar-refractivity contribution is 0.994. The second-order valence-corrected chi connectivity index (χ2v) is 9.87. The molecule has 31 heavy (non-hydrogen) atoms. The summed E-state index contributed by atoms with van der Waals surface area (Å²) in [5, 5.41) is 7.65. The van der Waals surface area contributed by atoms with Crippen LogP contribution in [0.15, 0.2) is 109 Å². The number of imidazole rings is 1. The number of benzene rings is 5. The summed E-state index contributed by atoms with van der Waals surface area (Å²) in [5.74, 6) is 0. The molecule has 6 rings (SSSR count). The molecule has 0 spiro atoms. The highest BCUT2D eigenvalue weighted by atomic mass is 31.1. The van der Waals surface area contributed by atoms with Gasteiger partial charge in [-0.05, 0) is 21.4 Å². The van der Waals surface area contributed by atoms with Crippen molar-refractivity contribution in [2.45, 2.75) is 0 Å². The van der Waals surface area contributed by atoms with Crippen molar-refractivity contribution in [2.75, 3.05) is 0 Å². The maximum absolute atomic E-state index is 5.34. The third-order valence-corrected chi connectivity index (χ3v) is 8.38. The number of fused-ring (bicyclic) bond motifs is 6. The van der Waals surface area contributed by atoms with Gasteiger partial charge in [0.05, 0.1) is 11.0 Å². The van der Waals surface area contributed by atoms with Crippen molar-refractivity contribution in [3.05, 3.63) is 109 Å². The standard InChI is InChI=1S/C28H21N2P/c1-30-27-25-19-11-9-17-23(25)22-16-8-10-18-24(22)26(27)29-28(30)31(20-12-4-2-5-13-20)21-14-6-3-7-15-21/h2-19H,1H3. The molecule has 3 heteroatoms. The van der Waals surface area contributed by atoms with Crippen molar-refractivity contribution >= 4 is 56.7 Å². The average molecular weight is 416 g/mol. The highest BCUT2D eigenvalue weighted by Gasteiger charge is 2.24. The van der Waals surface area contributed by atoms with Crippen LogP contribution in [0, 0.1) is 0 Å². The minimum Gasteiger partial charge on any atom is -0.326 e. The number of aromatic nitrogens is 2. The molecule has 0 saturated carbocycles. The zero-order valence-corrected chi connectivity index (χ0v) is 18.1. The molecule has 0 atom stereocenters. The fraction of sp³-hybridized carbons (Fsp3) is 0.0357. The number of aryl methyl sites for hydroxylation is 1. The van der Waals surface area contributed by atoms with Crippen LogP contribution in [0.3, 0.4) is 0 Å². The summed E-state index contributed by atoms with van der Waals surface area (Å²) >= 11 is 0. The summed E-state index contributed by atoms with van der Waals surface area (Å²) in [7, 11) is 1.40. The molecule has 0 aliphatic heterocycles. The Balaban J connectivity index is 1.74. The van der Waals surface area contributed by atoms with E-state index in [1.165, 1.54) is 37.7 Å². The Hall–Kier alpha value is -3.48. The molecule has 1 aromatic heterocycles. The molecular weight excluding hydrogens is 395 g/mol. The number of hydrogen-bond donors (Lipinski definition) is 0. The van der Waals surface area contributed by atoms with E-state index < -0.39 is 7.92 Å². The summed E-state index contributed by atoms with van der Waals surface area (Å²) in [6.07, 6.45) is 0. The molecule has 0 aliphatic rings. The zero-order valence-electron chi connectivity index (χ0n) is 17.2. The van der Waals surface area contributed by atoms with E-state index in [4.69, 9.17) is 4.98 Å². The van der Waals surface area contributed by atoms with Crippen molar-refractivity contribution in [1.29, 1.82) is 0 Å². The number of nitrogens with zero attached hydrogens (tertiary/aromatic N) is 2. The Labute approximate surface area is 182 Å². The van der Waals surface area contributed by atoms with Gasteiger partial charge in [-0.25, -0.2) is 4.98 Å². The first-order chi connectivity index (χ1) is 15.3. The molecule has 0 saturated heterocycles. The van der Waals surface area contributed by atoms with E-state index in [0.717, 1.165) is 11.1 Å². The third kappa shape index (κ3) is 2.87. The minimum absolute atomic E-state index is 0.773. The molecule has 0 aliphatic carbocycles. The Kier molecular flexibility index (Phi) is 4.33. The summed E-state index contributed by atoms with van der Waals surface area (Å²) < 4.78 is 2.33. The fourth-order valence-electron chi connectivity index (χ4n) is 4.57. The van der Waals surface area contributed by atoms with Crippen LogP contribution in [0.1, 0.15) is 0 Å². The Morgan fingerprint density at radius 3 is 1.58 bits per heavy atom. The smallest absolute Gasteiger partial charge is 0.141 e. The van der Waals surface area contributed by atoms with Gasteiger partial charge in [-0.2, -0.15) is 0 Å². The summed E-state index contributed by atoms with van der Waals surface area (Å²) in [5.41, 5.74) is 3.43. The molecule has 0 radical (unpaired) electrons. The predicted octanol–water partition coefficient (Wildman–Crippen LogP) is 5.64. The van der Waals surface area contributed by atoms with Crippen molar-refractivity contribution in [3.63, 3.8) is 0 Å². The Morgan fingerprint density at radius 2 is 1.00 bits per heavy atom. The average Bonchev–Trinajstić information content (AvgIpc) is 3.18. The highest BCUT2D eigenvalue weighted by molar-refractivity contribution is 7.79. The second-order valence-electron chi connectivity index (χ2n) is 7.77. The van der Waals surface area contributed by atoms with Gasteiger partial charge in [0.25, 0.3) is 0 Å². The van der Waals surface area contributed by atoms with Crippen LogP contribution in [0.4, 0.5) is 0 Å². The molecule has 2 nitrogen and oxygen atoms in total. The normalized spacial score (nSPS) is 11.7. The van der Waals surface area contributed by atoms with Gasteiger partial charge in [0.15, 0.2) is 0 Å². The van der Waals surface area contributed by atoms with Crippen LogP contribution in [-0.4, -0.2) is 9.55 Å². The quantitative estimate of drug-likeness (QED) is 0.270. The molecule has 1 heterocycles. The van der Waals surface area contributed by atoms with Crippen molar-refractivity contribution in [3.8, 4) is 0 Å². The van der Waals surface area contributed by atoms with E-state index >= 15 is 0 Å². The van der Waals surface area contributed by atoms with Crippen LogP contribution in [-0.2, 0) is 7.05 Å². The van der Waals surface area contributed by atoms with Gasteiger partial charge < -0.3 is 4.57 Å². The Morgan fingerprint density at radius 1 is 0.548 bits per heavy atom. The lowest BCUT2D eigenvalue weighted by Crippen LogP contribution is -2.26. The molecular formula is C28H21N2P. The van der Waals surface area contributed by atoms with E-state index in [1.54, 1.807) is 0 Å². The van der Waals surface area contributed by atoms with Crippen molar-refractivity contribution in [2.24, 2.45) is 7.05 Å². The van der Waals surface area contributed by atoms with Crippen LogP contribution in [0.5, 0.6) is 0 Å². The van der Waals surface area contributed by atoms with Gasteiger partial charge in [0, 0.05) is 25.7 Å². The first-order valence-corrected chi connectivity index (χ1v) is 11.8. The monoisotopic (exact) mass is 416 g/mol. The van der Waals surface area contributed by atoms with Gasteiger partial charge >= 0.3 is 0 Å². The predicted molar refractivity (Wildman–Crippen MR) is 134 cm³/mol. The second kappa shape index (κ2) is 7.34.